The second kappa shape index (κ2) is 6.34. The molecular weight excluding hydrogens is 376 g/mol. The van der Waals surface area contributed by atoms with Crippen molar-refractivity contribution in [1.29, 1.82) is 0 Å². The van der Waals surface area contributed by atoms with Crippen molar-refractivity contribution in [2.45, 2.75) is 13.3 Å². The topological polar surface area (TPSA) is 51.2 Å². The molecule has 0 aliphatic heterocycles. The zero-order chi connectivity index (χ0) is 13.8. The van der Waals surface area contributed by atoms with Crippen LogP contribution in [0.25, 0.3) is 10.9 Å². The highest BCUT2D eigenvalue weighted by atomic mass is 79.9. The SMILES string of the molecule is CCCNC(=O)Oc1cccc2c(Br)cc(Br)nc12. The molecule has 6 heteroatoms. The van der Waals surface area contributed by atoms with Crippen molar-refractivity contribution in [3.63, 3.8) is 0 Å². The molecule has 0 atom stereocenters. The van der Waals surface area contributed by atoms with Gasteiger partial charge in [0.15, 0.2) is 5.75 Å². The number of amides is 1. The Labute approximate surface area is 127 Å². The van der Waals surface area contributed by atoms with Gasteiger partial charge >= 0.3 is 6.09 Å². The van der Waals surface area contributed by atoms with Crippen molar-refractivity contribution in [1.82, 2.24) is 10.3 Å². The number of para-hydroxylation sites is 1. The number of aromatic nitrogens is 1. The number of halogens is 2. The Morgan fingerprint density at radius 3 is 2.95 bits per heavy atom. The molecule has 0 bridgehead atoms. The number of nitrogens with zero attached hydrogens (tertiary/aromatic N) is 1. The van der Waals surface area contributed by atoms with Gasteiger partial charge in [-0.3, -0.25) is 0 Å². The molecule has 1 aromatic heterocycles. The van der Waals surface area contributed by atoms with E-state index in [4.69, 9.17) is 4.74 Å². The molecule has 0 aliphatic carbocycles. The smallest absolute Gasteiger partial charge is 0.408 e. The number of benzene rings is 1. The number of hydrogen-bond donors (Lipinski definition) is 1. The summed E-state index contributed by atoms with van der Waals surface area (Å²) >= 11 is 6.79. The Morgan fingerprint density at radius 2 is 2.21 bits per heavy atom. The molecule has 1 heterocycles. The lowest BCUT2D eigenvalue weighted by atomic mass is 10.2. The molecule has 19 heavy (non-hydrogen) atoms. The molecule has 2 rings (SSSR count). The number of pyridine rings is 1. The average Bonchev–Trinajstić information content (AvgIpc) is 2.37. The molecule has 1 aromatic carbocycles. The van der Waals surface area contributed by atoms with E-state index in [1.54, 1.807) is 6.07 Å². The number of nitrogens with one attached hydrogen (secondary N) is 1. The highest BCUT2D eigenvalue weighted by Gasteiger charge is 2.11. The van der Waals surface area contributed by atoms with E-state index >= 15 is 0 Å². The first-order valence-corrected chi connectivity index (χ1v) is 7.41. The molecule has 0 fully saturated rings. The summed E-state index contributed by atoms with van der Waals surface area (Å²) in [5.74, 6) is 0.438. The van der Waals surface area contributed by atoms with Crippen LogP contribution in [0.1, 0.15) is 13.3 Å². The lowest BCUT2D eigenvalue weighted by molar-refractivity contribution is 0.201. The molecule has 1 N–H and O–H groups in total. The van der Waals surface area contributed by atoms with Gasteiger partial charge in [0.05, 0.1) is 0 Å². The van der Waals surface area contributed by atoms with Gasteiger partial charge in [0.25, 0.3) is 0 Å². The Morgan fingerprint density at radius 1 is 1.42 bits per heavy atom. The van der Waals surface area contributed by atoms with Crippen LogP contribution in [-0.4, -0.2) is 17.6 Å². The summed E-state index contributed by atoms with van der Waals surface area (Å²) in [6, 6.07) is 7.31. The van der Waals surface area contributed by atoms with E-state index in [0.717, 1.165) is 16.3 Å². The lowest BCUT2D eigenvalue weighted by Crippen LogP contribution is -2.27. The van der Waals surface area contributed by atoms with Gasteiger partial charge in [-0.2, -0.15) is 0 Å². The fourth-order valence-corrected chi connectivity index (χ4v) is 2.85. The van der Waals surface area contributed by atoms with Gasteiger partial charge in [0.2, 0.25) is 0 Å². The van der Waals surface area contributed by atoms with Gasteiger partial charge in [-0.05, 0) is 50.4 Å². The van der Waals surface area contributed by atoms with Gasteiger partial charge in [-0.15, -0.1) is 0 Å². The Bertz CT molecular complexity index is 617. The minimum atomic E-state index is -0.466. The van der Waals surface area contributed by atoms with E-state index < -0.39 is 6.09 Å². The normalized spacial score (nSPS) is 10.5. The molecule has 0 spiro atoms. The third-order valence-corrected chi connectivity index (χ3v) is 3.51. The van der Waals surface area contributed by atoms with Crippen LogP contribution in [0.3, 0.4) is 0 Å². The summed E-state index contributed by atoms with van der Waals surface area (Å²) in [5.41, 5.74) is 0.635. The van der Waals surface area contributed by atoms with Crippen LogP contribution in [0.15, 0.2) is 33.3 Å². The second-order valence-corrected chi connectivity index (χ2v) is 5.56. The van der Waals surface area contributed by atoms with E-state index in [1.165, 1.54) is 0 Å². The van der Waals surface area contributed by atoms with Crippen LogP contribution in [0, 0.1) is 0 Å². The Kier molecular flexibility index (Phi) is 4.76. The number of rotatable bonds is 3. The number of ether oxygens (including phenoxy) is 1. The van der Waals surface area contributed by atoms with E-state index in [-0.39, 0.29) is 0 Å². The predicted molar refractivity (Wildman–Crippen MR) is 81.5 cm³/mol. The second-order valence-electron chi connectivity index (χ2n) is 3.90. The van der Waals surface area contributed by atoms with Crippen LogP contribution in [0.2, 0.25) is 0 Å². The monoisotopic (exact) mass is 386 g/mol. The van der Waals surface area contributed by atoms with Gasteiger partial charge in [-0.1, -0.05) is 19.1 Å². The maximum atomic E-state index is 11.6. The third kappa shape index (κ3) is 3.45. The summed E-state index contributed by atoms with van der Waals surface area (Å²) in [7, 11) is 0. The summed E-state index contributed by atoms with van der Waals surface area (Å²) in [6.07, 6.45) is 0.396. The first-order chi connectivity index (χ1) is 9.11. The predicted octanol–water partition coefficient (Wildman–Crippen LogP) is 4.26. The van der Waals surface area contributed by atoms with Gasteiger partial charge in [0.1, 0.15) is 10.1 Å². The lowest BCUT2D eigenvalue weighted by Gasteiger charge is -2.09. The largest absolute Gasteiger partial charge is 0.412 e. The Balaban J connectivity index is 2.35. The van der Waals surface area contributed by atoms with Crippen LogP contribution in [-0.2, 0) is 0 Å². The van der Waals surface area contributed by atoms with E-state index in [9.17, 15) is 4.79 Å². The maximum Gasteiger partial charge on any atom is 0.412 e. The van der Waals surface area contributed by atoms with Crippen LogP contribution in [0.5, 0.6) is 5.75 Å². The third-order valence-electron chi connectivity index (χ3n) is 2.44. The van der Waals surface area contributed by atoms with Crippen LogP contribution < -0.4 is 10.1 Å². The first kappa shape index (κ1) is 14.3. The fourth-order valence-electron chi connectivity index (χ4n) is 1.60. The van der Waals surface area contributed by atoms with Crippen LogP contribution >= 0.6 is 31.9 Å². The van der Waals surface area contributed by atoms with Crippen molar-refractivity contribution in [2.75, 3.05) is 6.54 Å². The maximum absolute atomic E-state index is 11.6. The number of hydrogen-bond acceptors (Lipinski definition) is 3. The molecule has 0 radical (unpaired) electrons. The summed E-state index contributed by atoms with van der Waals surface area (Å²) < 4.78 is 6.86. The van der Waals surface area contributed by atoms with E-state index in [0.29, 0.717) is 22.4 Å². The molecule has 4 nitrogen and oxygen atoms in total. The Hall–Kier alpha value is -1.14. The molecule has 0 saturated heterocycles. The van der Waals surface area contributed by atoms with Crippen molar-refractivity contribution in [3.8, 4) is 5.75 Å². The number of fused-ring (bicyclic) bond motifs is 1. The molecule has 0 saturated carbocycles. The molecule has 100 valence electrons. The summed E-state index contributed by atoms with van der Waals surface area (Å²) in [5, 5.41) is 3.55. The molecule has 0 unspecified atom stereocenters. The summed E-state index contributed by atoms with van der Waals surface area (Å²) in [4.78, 5) is 16.0. The van der Waals surface area contributed by atoms with E-state index in [1.807, 2.05) is 25.1 Å². The molecule has 1 amide bonds. The van der Waals surface area contributed by atoms with Gasteiger partial charge in [-0.25, -0.2) is 9.78 Å². The minimum absolute atomic E-state index is 0.438. The fraction of sp³-hybridized carbons (Fsp3) is 0.231. The number of carbonyl (C=O) groups excluding carboxylic acids is 1. The molecular formula is C13H12Br2N2O2. The molecule has 2 aromatic rings. The minimum Gasteiger partial charge on any atom is -0.408 e. The number of carbonyl (C=O) groups is 1. The zero-order valence-electron chi connectivity index (χ0n) is 10.2. The zero-order valence-corrected chi connectivity index (χ0v) is 13.4. The van der Waals surface area contributed by atoms with Gasteiger partial charge in [0, 0.05) is 16.4 Å². The first-order valence-electron chi connectivity index (χ1n) is 5.82. The average molecular weight is 388 g/mol. The van der Waals surface area contributed by atoms with Crippen molar-refractivity contribution in [2.24, 2.45) is 0 Å². The van der Waals surface area contributed by atoms with Crippen molar-refractivity contribution < 1.29 is 9.53 Å². The quantitative estimate of drug-likeness (QED) is 0.800. The van der Waals surface area contributed by atoms with E-state index in [2.05, 4.69) is 42.2 Å². The highest BCUT2D eigenvalue weighted by molar-refractivity contribution is 9.11. The highest BCUT2D eigenvalue weighted by Crippen LogP contribution is 2.31. The molecule has 0 aliphatic rings. The summed E-state index contributed by atoms with van der Waals surface area (Å²) in [6.45, 7) is 2.57. The van der Waals surface area contributed by atoms with Crippen molar-refractivity contribution >= 4 is 48.9 Å². The van der Waals surface area contributed by atoms with Crippen molar-refractivity contribution in [3.05, 3.63) is 33.3 Å². The standard InChI is InChI=1S/C13H12Br2N2O2/c1-2-6-16-13(18)19-10-5-3-4-8-9(14)7-11(15)17-12(8)10/h3-5,7H,2,6H2,1H3,(H,16,18). The van der Waals surface area contributed by atoms with Crippen LogP contribution in [0.4, 0.5) is 4.79 Å². The van der Waals surface area contributed by atoms with Gasteiger partial charge < -0.3 is 10.1 Å².